The fraction of sp³-hybridized carbons (Fsp3) is 0.333. The van der Waals surface area contributed by atoms with E-state index < -0.39 is 17.8 Å². The highest BCUT2D eigenvalue weighted by Crippen LogP contribution is 2.21. The van der Waals surface area contributed by atoms with Crippen LogP contribution < -0.4 is 16.4 Å². The highest BCUT2D eigenvalue weighted by molar-refractivity contribution is 8.00. The second-order valence-corrected chi connectivity index (χ2v) is 5.23. The van der Waals surface area contributed by atoms with E-state index in [-0.39, 0.29) is 11.8 Å². The summed E-state index contributed by atoms with van der Waals surface area (Å²) in [5.74, 6) is -0.902. The average molecular weight is 285 g/mol. The summed E-state index contributed by atoms with van der Waals surface area (Å²) in [5.41, 5.74) is 5.78. The van der Waals surface area contributed by atoms with E-state index in [4.69, 9.17) is 5.73 Å². The molecule has 0 heterocycles. The van der Waals surface area contributed by atoms with E-state index in [2.05, 4.69) is 10.6 Å². The number of hydrogen-bond donors (Lipinski definition) is 3. The molecule has 0 aliphatic rings. The van der Waals surface area contributed by atoms with E-state index in [0.717, 1.165) is 11.8 Å². The first kappa shape index (κ1) is 15.3. The van der Waals surface area contributed by atoms with Crippen LogP contribution in [-0.4, -0.2) is 23.7 Å². The number of thioether (sulfide) groups is 1. The summed E-state index contributed by atoms with van der Waals surface area (Å²) in [4.78, 5) is 23.3. The van der Waals surface area contributed by atoms with Gasteiger partial charge >= 0.3 is 6.03 Å². The molecule has 0 spiro atoms. The van der Waals surface area contributed by atoms with E-state index in [1.54, 1.807) is 19.9 Å². The number of carbonyl (C=O) groups is 2. The second-order valence-electron chi connectivity index (χ2n) is 4.19. The summed E-state index contributed by atoms with van der Waals surface area (Å²) in [5, 5.41) is 4.71. The summed E-state index contributed by atoms with van der Waals surface area (Å²) >= 11 is 1.11. The van der Waals surface area contributed by atoms with Crippen molar-refractivity contribution < 1.29 is 14.0 Å². The molecule has 4 N–H and O–H groups in total. The normalized spacial score (nSPS) is 10.3. The third kappa shape index (κ3) is 6.10. The van der Waals surface area contributed by atoms with Gasteiger partial charge in [-0.3, -0.25) is 10.1 Å². The Labute approximate surface area is 115 Å². The maximum absolute atomic E-state index is 13.0. The zero-order valence-electron chi connectivity index (χ0n) is 10.7. The molecule has 104 valence electrons. The molecule has 5 nitrogen and oxygen atoms in total. The molecular formula is C12H16FN3O2S. The molecule has 0 fully saturated rings. The zero-order chi connectivity index (χ0) is 14.4. The molecule has 19 heavy (non-hydrogen) atoms. The summed E-state index contributed by atoms with van der Waals surface area (Å²) in [7, 11) is 0. The van der Waals surface area contributed by atoms with Crippen LogP contribution in [0.4, 0.5) is 14.9 Å². The zero-order valence-corrected chi connectivity index (χ0v) is 11.5. The van der Waals surface area contributed by atoms with Gasteiger partial charge in [0.2, 0.25) is 5.91 Å². The van der Waals surface area contributed by atoms with Crippen LogP contribution in [-0.2, 0) is 4.79 Å². The van der Waals surface area contributed by atoms with Crippen LogP contribution in [0.25, 0.3) is 0 Å². The van der Waals surface area contributed by atoms with E-state index >= 15 is 0 Å². The van der Waals surface area contributed by atoms with Crippen LogP contribution in [0.3, 0.4) is 0 Å². The van der Waals surface area contributed by atoms with Gasteiger partial charge < -0.3 is 11.1 Å². The van der Waals surface area contributed by atoms with E-state index in [1.165, 1.54) is 12.1 Å². The summed E-state index contributed by atoms with van der Waals surface area (Å²) in [6.07, 6.45) is 0. The van der Waals surface area contributed by atoms with Crippen molar-refractivity contribution in [1.82, 2.24) is 10.6 Å². The topological polar surface area (TPSA) is 84.2 Å². The minimum absolute atomic E-state index is 0.00834. The van der Waals surface area contributed by atoms with Gasteiger partial charge in [-0.15, -0.1) is 11.8 Å². The number of benzene rings is 1. The number of rotatable bonds is 4. The molecule has 1 aromatic carbocycles. The molecular weight excluding hydrogens is 269 g/mol. The third-order valence-corrected chi connectivity index (χ3v) is 2.91. The Morgan fingerprint density at radius 3 is 2.63 bits per heavy atom. The molecule has 0 atom stereocenters. The minimum atomic E-state index is -0.542. The number of imide groups is 1. The van der Waals surface area contributed by atoms with Crippen molar-refractivity contribution in [1.29, 1.82) is 0 Å². The van der Waals surface area contributed by atoms with Crippen molar-refractivity contribution in [2.75, 3.05) is 11.5 Å². The Balaban J connectivity index is 2.43. The van der Waals surface area contributed by atoms with Crippen molar-refractivity contribution in [3.05, 3.63) is 24.0 Å². The molecule has 1 rings (SSSR count). The maximum atomic E-state index is 13.0. The van der Waals surface area contributed by atoms with Crippen LogP contribution in [0.15, 0.2) is 23.1 Å². The number of urea groups is 1. The number of nitrogen functional groups attached to an aromatic ring is 1. The first-order valence-electron chi connectivity index (χ1n) is 5.66. The summed E-state index contributed by atoms with van der Waals surface area (Å²) < 4.78 is 13.0. The van der Waals surface area contributed by atoms with Crippen LogP contribution >= 0.6 is 11.8 Å². The monoisotopic (exact) mass is 285 g/mol. The van der Waals surface area contributed by atoms with Gasteiger partial charge in [0, 0.05) is 16.6 Å². The smallest absolute Gasteiger partial charge is 0.321 e. The minimum Gasteiger partial charge on any atom is -0.399 e. The number of carbonyl (C=O) groups excluding carboxylic acids is 2. The van der Waals surface area contributed by atoms with Gasteiger partial charge in [0.25, 0.3) is 0 Å². The predicted molar refractivity (Wildman–Crippen MR) is 73.3 cm³/mol. The Hall–Kier alpha value is -1.76. The molecule has 0 saturated carbocycles. The van der Waals surface area contributed by atoms with Crippen molar-refractivity contribution in [2.24, 2.45) is 0 Å². The van der Waals surface area contributed by atoms with Gasteiger partial charge in [0.1, 0.15) is 5.82 Å². The molecule has 0 bridgehead atoms. The van der Waals surface area contributed by atoms with Crippen LogP contribution in [0, 0.1) is 5.82 Å². The standard InChI is InChI=1S/C12H16FN3O2S/c1-7(2)15-12(18)16-11(17)6-19-10-4-8(13)3-9(14)5-10/h3-5,7H,6,14H2,1-2H3,(H2,15,16,17,18). The van der Waals surface area contributed by atoms with E-state index in [0.29, 0.717) is 10.6 Å². The van der Waals surface area contributed by atoms with E-state index in [1.807, 2.05) is 0 Å². The van der Waals surface area contributed by atoms with Gasteiger partial charge in [0.05, 0.1) is 5.75 Å². The van der Waals surface area contributed by atoms with Crippen molar-refractivity contribution >= 4 is 29.4 Å². The van der Waals surface area contributed by atoms with Crippen molar-refractivity contribution in [2.45, 2.75) is 24.8 Å². The van der Waals surface area contributed by atoms with E-state index in [9.17, 15) is 14.0 Å². The van der Waals surface area contributed by atoms with Crippen LogP contribution in [0.1, 0.15) is 13.8 Å². The fourth-order valence-corrected chi connectivity index (χ4v) is 2.06. The molecule has 0 unspecified atom stereocenters. The second kappa shape index (κ2) is 6.98. The lowest BCUT2D eigenvalue weighted by Crippen LogP contribution is -2.43. The highest BCUT2D eigenvalue weighted by Gasteiger charge is 2.09. The maximum Gasteiger partial charge on any atom is 0.321 e. The number of anilines is 1. The summed E-state index contributed by atoms with van der Waals surface area (Å²) in [6.45, 7) is 3.57. The third-order valence-electron chi connectivity index (χ3n) is 1.94. The van der Waals surface area contributed by atoms with Crippen LogP contribution in [0.2, 0.25) is 0 Å². The SMILES string of the molecule is CC(C)NC(=O)NC(=O)CSc1cc(N)cc(F)c1. The number of amides is 3. The lowest BCUT2D eigenvalue weighted by atomic mass is 10.3. The van der Waals surface area contributed by atoms with Gasteiger partial charge in [-0.05, 0) is 32.0 Å². The molecule has 0 saturated heterocycles. The lowest BCUT2D eigenvalue weighted by Gasteiger charge is -2.09. The first-order valence-corrected chi connectivity index (χ1v) is 6.64. The number of hydrogen-bond acceptors (Lipinski definition) is 4. The number of nitrogens with two attached hydrogens (primary N) is 1. The molecule has 0 aliphatic carbocycles. The quantitative estimate of drug-likeness (QED) is 0.581. The molecule has 0 aliphatic heterocycles. The molecule has 1 aromatic rings. The molecule has 0 aromatic heterocycles. The number of nitrogens with one attached hydrogen (secondary N) is 2. The Kier molecular flexibility index (Phi) is 5.62. The Morgan fingerprint density at radius 1 is 1.37 bits per heavy atom. The van der Waals surface area contributed by atoms with Gasteiger partial charge in [-0.1, -0.05) is 0 Å². The largest absolute Gasteiger partial charge is 0.399 e. The van der Waals surface area contributed by atoms with Crippen LogP contribution in [0.5, 0.6) is 0 Å². The first-order chi connectivity index (χ1) is 8.86. The molecule has 0 radical (unpaired) electrons. The van der Waals surface area contributed by atoms with Crippen molar-refractivity contribution in [3.63, 3.8) is 0 Å². The predicted octanol–water partition coefficient (Wildman–Crippen LogP) is 1.73. The Bertz CT molecular complexity index is 460. The highest BCUT2D eigenvalue weighted by atomic mass is 32.2. The van der Waals surface area contributed by atoms with Gasteiger partial charge in [-0.2, -0.15) is 0 Å². The average Bonchev–Trinajstić information content (AvgIpc) is 2.23. The van der Waals surface area contributed by atoms with Gasteiger partial charge in [0.15, 0.2) is 0 Å². The molecule has 7 heteroatoms. The van der Waals surface area contributed by atoms with Gasteiger partial charge in [-0.25, -0.2) is 9.18 Å². The van der Waals surface area contributed by atoms with Crippen molar-refractivity contribution in [3.8, 4) is 0 Å². The lowest BCUT2D eigenvalue weighted by molar-refractivity contribution is -0.117. The summed E-state index contributed by atoms with van der Waals surface area (Å²) in [6, 6.07) is 3.45. The Morgan fingerprint density at radius 2 is 2.05 bits per heavy atom. The number of halogens is 1. The molecule has 3 amide bonds. The fourth-order valence-electron chi connectivity index (χ4n) is 1.28.